The Balaban J connectivity index is 2.11. The Bertz CT molecular complexity index is 579. The van der Waals surface area contributed by atoms with E-state index in [1.165, 1.54) is 12.1 Å². The molecule has 0 aliphatic carbocycles. The maximum atomic E-state index is 12.1. The zero-order chi connectivity index (χ0) is 15.6. The molecule has 7 nitrogen and oxygen atoms in total. The van der Waals surface area contributed by atoms with Crippen LogP contribution in [0.2, 0.25) is 5.02 Å². The Morgan fingerprint density at radius 2 is 2.29 bits per heavy atom. The van der Waals surface area contributed by atoms with E-state index in [2.05, 4.69) is 5.32 Å². The van der Waals surface area contributed by atoms with E-state index in [-0.39, 0.29) is 22.7 Å². The van der Waals surface area contributed by atoms with E-state index in [9.17, 15) is 14.9 Å². The highest BCUT2D eigenvalue weighted by Gasteiger charge is 2.30. The third-order valence-corrected chi connectivity index (χ3v) is 3.71. The van der Waals surface area contributed by atoms with Crippen LogP contribution in [0.5, 0.6) is 0 Å². The van der Waals surface area contributed by atoms with Crippen molar-refractivity contribution in [3.63, 3.8) is 0 Å². The predicted molar refractivity (Wildman–Crippen MR) is 78.4 cm³/mol. The van der Waals surface area contributed by atoms with Gasteiger partial charge in [-0.15, -0.1) is 0 Å². The summed E-state index contributed by atoms with van der Waals surface area (Å²) >= 11 is 5.84. The number of nitro groups is 1. The molecule has 0 saturated carbocycles. The number of carbonyl (C=O) groups is 1. The summed E-state index contributed by atoms with van der Waals surface area (Å²) in [4.78, 5) is 22.3. The lowest BCUT2D eigenvalue weighted by Gasteiger charge is -2.14. The molecule has 114 valence electrons. The molecule has 0 aromatic heterocycles. The van der Waals surface area contributed by atoms with Crippen LogP contribution in [-0.4, -0.2) is 29.6 Å². The van der Waals surface area contributed by atoms with Crippen LogP contribution in [-0.2, 0) is 9.53 Å². The summed E-state index contributed by atoms with van der Waals surface area (Å²) in [6, 6.07) is 2.71. The number of nitro benzene ring substituents is 1. The molecule has 1 saturated heterocycles. The number of rotatable bonds is 4. The van der Waals surface area contributed by atoms with Crippen LogP contribution < -0.4 is 11.1 Å². The number of halogens is 1. The van der Waals surface area contributed by atoms with Crippen LogP contribution >= 0.6 is 11.6 Å². The molecule has 1 aliphatic heterocycles. The lowest BCUT2D eigenvalue weighted by molar-refractivity contribution is -0.384. The molecule has 1 aromatic rings. The average Bonchev–Trinajstić information content (AvgIpc) is 2.91. The molecule has 1 aliphatic rings. The van der Waals surface area contributed by atoms with Gasteiger partial charge in [-0.2, -0.15) is 0 Å². The summed E-state index contributed by atoms with van der Waals surface area (Å²) in [7, 11) is 0. The summed E-state index contributed by atoms with van der Waals surface area (Å²) in [5.74, 6) is -0.293. The van der Waals surface area contributed by atoms with Crippen LogP contribution in [0.1, 0.15) is 18.4 Å². The quantitative estimate of drug-likeness (QED) is 0.653. The van der Waals surface area contributed by atoms with Gasteiger partial charge in [0.15, 0.2) is 0 Å². The number of nitrogens with two attached hydrogens (primary N) is 1. The van der Waals surface area contributed by atoms with E-state index in [1.807, 2.05) is 0 Å². The Morgan fingerprint density at radius 3 is 2.86 bits per heavy atom. The minimum absolute atomic E-state index is 0.0203. The summed E-state index contributed by atoms with van der Waals surface area (Å²) in [5, 5.41) is 13.5. The van der Waals surface area contributed by atoms with Crippen LogP contribution in [0.15, 0.2) is 12.1 Å². The Hall–Kier alpha value is -1.70. The molecule has 0 radical (unpaired) electrons. The molecule has 2 rings (SSSR count). The van der Waals surface area contributed by atoms with Gasteiger partial charge in [-0.05, 0) is 31.4 Å². The van der Waals surface area contributed by atoms with E-state index in [0.717, 1.165) is 6.42 Å². The van der Waals surface area contributed by atoms with E-state index in [1.54, 1.807) is 6.92 Å². The van der Waals surface area contributed by atoms with Crippen LogP contribution in [0.3, 0.4) is 0 Å². The fraction of sp³-hybridized carbons (Fsp3) is 0.462. The monoisotopic (exact) mass is 313 g/mol. The van der Waals surface area contributed by atoms with Crippen molar-refractivity contribution in [2.24, 2.45) is 5.73 Å². The molecule has 2 atom stereocenters. The van der Waals surface area contributed by atoms with Crippen molar-refractivity contribution in [1.29, 1.82) is 0 Å². The number of carbonyl (C=O) groups excluding carboxylic acids is 1. The second-order valence-corrected chi connectivity index (χ2v) is 5.33. The van der Waals surface area contributed by atoms with Crippen LogP contribution in [0.25, 0.3) is 0 Å². The molecule has 0 spiro atoms. The maximum Gasteiger partial charge on any atom is 0.288 e. The number of hydrogen-bond donors (Lipinski definition) is 2. The molecule has 2 unspecified atom stereocenters. The first-order valence-electron chi connectivity index (χ1n) is 6.53. The smallest absolute Gasteiger partial charge is 0.288 e. The van der Waals surface area contributed by atoms with Crippen molar-refractivity contribution in [1.82, 2.24) is 0 Å². The molecule has 1 aromatic carbocycles. The van der Waals surface area contributed by atoms with Gasteiger partial charge in [-0.25, -0.2) is 0 Å². The zero-order valence-corrected chi connectivity index (χ0v) is 12.2. The largest absolute Gasteiger partial charge is 0.364 e. The van der Waals surface area contributed by atoms with Crippen LogP contribution in [0.4, 0.5) is 11.4 Å². The highest BCUT2D eigenvalue weighted by molar-refractivity contribution is 6.33. The number of ether oxygens (including phenoxy) is 1. The third kappa shape index (κ3) is 3.49. The van der Waals surface area contributed by atoms with Gasteiger partial charge in [0, 0.05) is 18.3 Å². The van der Waals surface area contributed by atoms with E-state index in [4.69, 9.17) is 22.1 Å². The topological polar surface area (TPSA) is 107 Å². The van der Waals surface area contributed by atoms with Gasteiger partial charge in [0.2, 0.25) is 0 Å². The molecule has 3 N–H and O–H groups in total. The number of benzene rings is 1. The number of nitrogens with one attached hydrogen (secondary N) is 1. The summed E-state index contributed by atoms with van der Waals surface area (Å²) in [6.07, 6.45) is 0.705. The van der Waals surface area contributed by atoms with Gasteiger partial charge in [-0.3, -0.25) is 14.9 Å². The minimum atomic E-state index is -0.563. The SMILES string of the molecule is Cc1cc([N+](=O)[O-])c(Cl)cc1NC(=O)C1CCC(CN)O1. The first-order chi connectivity index (χ1) is 9.92. The maximum absolute atomic E-state index is 12.1. The van der Waals surface area contributed by atoms with Gasteiger partial charge < -0.3 is 15.8 Å². The second-order valence-electron chi connectivity index (χ2n) is 4.92. The molecule has 8 heteroatoms. The Morgan fingerprint density at radius 1 is 1.57 bits per heavy atom. The van der Waals surface area contributed by atoms with Gasteiger partial charge in [0.05, 0.1) is 11.0 Å². The Labute approximate surface area is 126 Å². The van der Waals surface area contributed by atoms with E-state index in [0.29, 0.717) is 24.2 Å². The van der Waals surface area contributed by atoms with Crippen molar-refractivity contribution in [3.05, 3.63) is 32.8 Å². The molecular weight excluding hydrogens is 298 g/mol. The Kier molecular flexibility index (Phi) is 4.76. The third-order valence-electron chi connectivity index (χ3n) is 3.41. The summed E-state index contributed by atoms with van der Waals surface area (Å²) < 4.78 is 5.50. The van der Waals surface area contributed by atoms with Gasteiger partial charge >= 0.3 is 0 Å². The van der Waals surface area contributed by atoms with Gasteiger partial charge in [-0.1, -0.05) is 11.6 Å². The lowest BCUT2D eigenvalue weighted by atomic mass is 10.1. The van der Waals surface area contributed by atoms with Crippen molar-refractivity contribution < 1.29 is 14.5 Å². The summed E-state index contributed by atoms with van der Waals surface area (Å²) in [6.45, 7) is 2.04. The highest BCUT2D eigenvalue weighted by Crippen LogP contribution is 2.31. The first-order valence-corrected chi connectivity index (χ1v) is 6.91. The van der Waals surface area contributed by atoms with Crippen molar-refractivity contribution >= 4 is 28.9 Å². The second kappa shape index (κ2) is 6.38. The van der Waals surface area contributed by atoms with Crippen molar-refractivity contribution in [2.75, 3.05) is 11.9 Å². The molecule has 1 amide bonds. The number of hydrogen-bond acceptors (Lipinski definition) is 5. The highest BCUT2D eigenvalue weighted by atomic mass is 35.5. The summed E-state index contributed by atoms with van der Waals surface area (Å²) in [5.41, 5.74) is 6.32. The molecule has 21 heavy (non-hydrogen) atoms. The molecule has 1 fully saturated rings. The van der Waals surface area contributed by atoms with E-state index < -0.39 is 11.0 Å². The number of anilines is 1. The zero-order valence-electron chi connectivity index (χ0n) is 11.5. The normalized spacial score (nSPS) is 21.3. The fourth-order valence-corrected chi connectivity index (χ4v) is 2.46. The minimum Gasteiger partial charge on any atom is -0.364 e. The number of aryl methyl sites for hydroxylation is 1. The standard InChI is InChI=1S/C13H16ClN3O4/c1-7-4-11(17(19)20)9(14)5-10(7)16-13(18)12-3-2-8(6-15)21-12/h4-5,8,12H,2-3,6,15H2,1H3,(H,16,18). The van der Waals surface area contributed by atoms with Crippen molar-refractivity contribution in [2.45, 2.75) is 32.0 Å². The lowest BCUT2D eigenvalue weighted by Crippen LogP contribution is -2.30. The van der Waals surface area contributed by atoms with Crippen LogP contribution in [0, 0.1) is 17.0 Å². The average molecular weight is 314 g/mol. The molecule has 1 heterocycles. The van der Waals surface area contributed by atoms with Gasteiger partial charge in [0.25, 0.3) is 11.6 Å². The molecule has 0 bridgehead atoms. The fourth-order valence-electron chi connectivity index (χ4n) is 2.23. The first kappa shape index (κ1) is 15.7. The van der Waals surface area contributed by atoms with E-state index >= 15 is 0 Å². The number of nitrogens with zero attached hydrogens (tertiary/aromatic N) is 1. The molecular formula is C13H16ClN3O4. The predicted octanol–water partition coefficient (Wildman–Crippen LogP) is 2.00. The number of amides is 1. The van der Waals surface area contributed by atoms with Gasteiger partial charge in [0.1, 0.15) is 11.1 Å². The van der Waals surface area contributed by atoms with Crippen molar-refractivity contribution in [3.8, 4) is 0 Å².